The van der Waals surface area contributed by atoms with Gasteiger partial charge in [0.25, 0.3) is 0 Å². The van der Waals surface area contributed by atoms with Gasteiger partial charge in [0.15, 0.2) is 16.7 Å². The number of methoxy groups -OCH3 is 1. The van der Waals surface area contributed by atoms with E-state index in [2.05, 4.69) is 9.97 Å². The van der Waals surface area contributed by atoms with Crippen molar-refractivity contribution in [2.45, 2.75) is 6.92 Å². The molecule has 0 atom stereocenters. The first-order valence-corrected chi connectivity index (χ1v) is 4.48. The molecule has 1 aromatic heterocycles. The molecule has 0 unspecified atom stereocenters. The van der Waals surface area contributed by atoms with Gasteiger partial charge in [0.2, 0.25) is 5.95 Å². The van der Waals surface area contributed by atoms with Gasteiger partial charge in [-0.05, 0) is 19.1 Å². The van der Waals surface area contributed by atoms with E-state index in [0.29, 0.717) is 11.4 Å². The SMILES string of the molecule is COc1c(Cl)nc(N)nc1/C=C/C(C)=O. The molecule has 0 aliphatic carbocycles. The maximum atomic E-state index is 10.8. The van der Waals surface area contributed by atoms with Crippen molar-refractivity contribution >= 4 is 29.4 Å². The highest BCUT2D eigenvalue weighted by Gasteiger charge is 2.09. The number of nitrogen functional groups attached to an aromatic ring is 1. The van der Waals surface area contributed by atoms with Crippen molar-refractivity contribution in [3.8, 4) is 5.75 Å². The fourth-order valence-corrected chi connectivity index (χ4v) is 1.21. The van der Waals surface area contributed by atoms with E-state index in [9.17, 15) is 4.79 Å². The summed E-state index contributed by atoms with van der Waals surface area (Å²) < 4.78 is 4.99. The number of allylic oxidation sites excluding steroid dienone is 1. The summed E-state index contributed by atoms with van der Waals surface area (Å²) in [5.41, 5.74) is 5.79. The Kier molecular flexibility index (Phi) is 3.62. The van der Waals surface area contributed by atoms with Crippen LogP contribution >= 0.6 is 11.6 Å². The number of halogens is 1. The summed E-state index contributed by atoms with van der Waals surface area (Å²) >= 11 is 5.78. The molecule has 15 heavy (non-hydrogen) atoms. The molecular weight excluding hydrogens is 218 g/mol. The van der Waals surface area contributed by atoms with Gasteiger partial charge in [-0.3, -0.25) is 4.79 Å². The van der Waals surface area contributed by atoms with E-state index in [0.717, 1.165) is 0 Å². The first-order valence-electron chi connectivity index (χ1n) is 4.10. The summed E-state index contributed by atoms with van der Waals surface area (Å²) in [6.07, 6.45) is 2.83. The zero-order chi connectivity index (χ0) is 11.4. The number of hydrogen-bond acceptors (Lipinski definition) is 5. The number of carbonyl (C=O) groups excluding carboxylic acids is 1. The molecule has 0 saturated heterocycles. The van der Waals surface area contributed by atoms with Crippen molar-refractivity contribution in [2.75, 3.05) is 12.8 Å². The molecule has 0 fully saturated rings. The third-order valence-electron chi connectivity index (χ3n) is 1.55. The highest BCUT2D eigenvalue weighted by molar-refractivity contribution is 6.31. The highest BCUT2D eigenvalue weighted by atomic mass is 35.5. The number of ketones is 1. The minimum absolute atomic E-state index is 0.0315. The summed E-state index contributed by atoms with van der Waals surface area (Å²) in [5.74, 6) is 0.220. The lowest BCUT2D eigenvalue weighted by molar-refractivity contribution is -0.112. The van der Waals surface area contributed by atoms with Crippen LogP contribution in [0.1, 0.15) is 12.6 Å². The van der Waals surface area contributed by atoms with Crippen molar-refractivity contribution in [2.24, 2.45) is 0 Å². The van der Waals surface area contributed by atoms with E-state index >= 15 is 0 Å². The Labute approximate surface area is 91.9 Å². The van der Waals surface area contributed by atoms with Crippen LogP contribution in [0.15, 0.2) is 6.08 Å². The van der Waals surface area contributed by atoms with E-state index in [-0.39, 0.29) is 16.9 Å². The molecule has 0 radical (unpaired) electrons. The Morgan fingerprint density at radius 1 is 1.53 bits per heavy atom. The van der Waals surface area contributed by atoms with Crippen LogP contribution in [0.25, 0.3) is 6.08 Å². The smallest absolute Gasteiger partial charge is 0.222 e. The number of hydrogen-bond donors (Lipinski definition) is 1. The van der Waals surface area contributed by atoms with Gasteiger partial charge in [-0.1, -0.05) is 11.6 Å². The molecule has 1 rings (SSSR count). The van der Waals surface area contributed by atoms with Crippen molar-refractivity contribution < 1.29 is 9.53 Å². The number of anilines is 1. The standard InChI is InChI=1S/C9H10ClN3O2/c1-5(14)3-4-6-7(15-2)8(10)13-9(11)12-6/h3-4H,1-2H3,(H2,11,12,13)/b4-3+. The third-order valence-corrected chi connectivity index (χ3v) is 1.80. The summed E-state index contributed by atoms with van der Waals surface area (Å²) in [6.45, 7) is 1.43. The van der Waals surface area contributed by atoms with Gasteiger partial charge in [-0.25, -0.2) is 4.98 Å². The molecule has 1 aromatic rings. The van der Waals surface area contributed by atoms with E-state index in [4.69, 9.17) is 22.1 Å². The quantitative estimate of drug-likeness (QED) is 0.623. The molecule has 0 aromatic carbocycles. The molecule has 80 valence electrons. The Balaban J connectivity index is 3.20. The number of aromatic nitrogens is 2. The van der Waals surface area contributed by atoms with Crippen LogP contribution in [0.5, 0.6) is 5.75 Å². The predicted octanol–water partition coefficient (Wildman–Crippen LogP) is 1.32. The molecule has 1 heterocycles. The monoisotopic (exact) mass is 227 g/mol. The number of carbonyl (C=O) groups is 1. The summed E-state index contributed by atoms with van der Waals surface area (Å²) in [7, 11) is 1.44. The fourth-order valence-electron chi connectivity index (χ4n) is 0.954. The van der Waals surface area contributed by atoms with Crippen molar-refractivity contribution in [1.82, 2.24) is 9.97 Å². The second-order valence-electron chi connectivity index (χ2n) is 2.74. The number of rotatable bonds is 3. The normalized spacial score (nSPS) is 10.6. The molecule has 2 N–H and O–H groups in total. The van der Waals surface area contributed by atoms with Gasteiger partial charge in [-0.2, -0.15) is 4.98 Å². The summed E-state index contributed by atoms with van der Waals surface area (Å²) in [5, 5.41) is 0.119. The lowest BCUT2D eigenvalue weighted by Gasteiger charge is -2.05. The third kappa shape index (κ3) is 2.92. The zero-order valence-electron chi connectivity index (χ0n) is 8.32. The van der Waals surface area contributed by atoms with Crippen LogP contribution in [-0.4, -0.2) is 22.9 Å². The van der Waals surface area contributed by atoms with Crippen LogP contribution in [0, 0.1) is 0 Å². The molecule has 0 amide bonds. The molecule has 5 nitrogen and oxygen atoms in total. The van der Waals surface area contributed by atoms with Crippen molar-refractivity contribution in [3.05, 3.63) is 16.9 Å². The molecule has 0 aliphatic rings. The maximum Gasteiger partial charge on any atom is 0.222 e. The van der Waals surface area contributed by atoms with E-state index in [1.54, 1.807) is 0 Å². The lowest BCUT2D eigenvalue weighted by atomic mass is 10.3. The van der Waals surface area contributed by atoms with E-state index in [1.807, 2.05) is 0 Å². The molecule has 0 saturated carbocycles. The van der Waals surface area contributed by atoms with Gasteiger partial charge in [0.1, 0.15) is 5.69 Å². The van der Waals surface area contributed by atoms with Gasteiger partial charge < -0.3 is 10.5 Å². The highest BCUT2D eigenvalue weighted by Crippen LogP contribution is 2.26. The second kappa shape index (κ2) is 4.75. The van der Waals surface area contributed by atoms with Crippen LogP contribution in [0.4, 0.5) is 5.95 Å². The van der Waals surface area contributed by atoms with Crippen LogP contribution in [0.3, 0.4) is 0 Å². The van der Waals surface area contributed by atoms with Crippen LogP contribution in [-0.2, 0) is 4.79 Å². The summed E-state index contributed by atoms with van der Waals surface area (Å²) in [4.78, 5) is 18.4. The minimum Gasteiger partial charge on any atom is -0.491 e. The van der Waals surface area contributed by atoms with Crippen molar-refractivity contribution in [1.29, 1.82) is 0 Å². The van der Waals surface area contributed by atoms with Crippen LogP contribution < -0.4 is 10.5 Å². The molecule has 0 spiro atoms. The Morgan fingerprint density at radius 3 is 2.73 bits per heavy atom. The molecule has 0 aliphatic heterocycles. The number of nitrogens with two attached hydrogens (primary N) is 1. The zero-order valence-corrected chi connectivity index (χ0v) is 9.08. The fraction of sp³-hybridized carbons (Fsp3) is 0.222. The molecule has 6 heteroatoms. The first kappa shape index (κ1) is 11.5. The van der Waals surface area contributed by atoms with Gasteiger partial charge in [0, 0.05) is 0 Å². The van der Waals surface area contributed by atoms with Crippen LogP contribution in [0.2, 0.25) is 5.15 Å². The summed E-state index contributed by atoms with van der Waals surface area (Å²) in [6, 6.07) is 0. The number of ether oxygens (including phenoxy) is 1. The lowest BCUT2D eigenvalue weighted by Crippen LogP contribution is -2.00. The predicted molar refractivity (Wildman–Crippen MR) is 57.7 cm³/mol. The van der Waals surface area contributed by atoms with E-state index < -0.39 is 0 Å². The molecular formula is C9H10ClN3O2. The maximum absolute atomic E-state index is 10.8. The van der Waals surface area contributed by atoms with E-state index in [1.165, 1.54) is 26.2 Å². The Bertz CT molecular complexity index is 418. The van der Waals surface area contributed by atoms with Gasteiger partial charge in [0.05, 0.1) is 7.11 Å². The largest absolute Gasteiger partial charge is 0.491 e. The van der Waals surface area contributed by atoms with Crippen molar-refractivity contribution in [3.63, 3.8) is 0 Å². The minimum atomic E-state index is -0.106. The topological polar surface area (TPSA) is 78.1 Å². The average molecular weight is 228 g/mol. The molecule has 0 bridgehead atoms. The first-order chi connectivity index (χ1) is 7.04. The average Bonchev–Trinajstić information content (AvgIpc) is 2.13. The second-order valence-corrected chi connectivity index (χ2v) is 3.09. The number of nitrogens with zero attached hydrogens (tertiary/aromatic N) is 2. The van der Waals surface area contributed by atoms with Gasteiger partial charge >= 0.3 is 0 Å². The van der Waals surface area contributed by atoms with Gasteiger partial charge in [-0.15, -0.1) is 0 Å². The Hall–Kier alpha value is -1.62. The Morgan fingerprint density at radius 2 is 2.20 bits per heavy atom.